The lowest BCUT2D eigenvalue weighted by Crippen LogP contribution is -2.26. The Bertz CT molecular complexity index is 1070. The lowest BCUT2D eigenvalue weighted by Gasteiger charge is -2.10. The van der Waals surface area contributed by atoms with E-state index in [2.05, 4.69) is 32.9 Å². The van der Waals surface area contributed by atoms with Crippen molar-refractivity contribution in [3.8, 4) is 5.69 Å². The van der Waals surface area contributed by atoms with Gasteiger partial charge in [0, 0.05) is 18.3 Å². The van der Waals surface area contributed by atoms with Crippen LogP contribution >= 0.6 is 0 Å². The number of carbonyl (C=O) groups is 1. The fourth-order valence-corrected chi connectivity index (χ4v) is 3.04. The molecule has 2 aromatic heterocycles. The van der Waals surface area contributed by atoms with Gasteiger partial charge in [0.05, 0.1) is 24.1 Å². The first-order chi connectivity index (χ1) is 14.2. The zero-order valence-electron chi connectivity index (χ0n) is 16.1. The predicted molar refractivity (Wildman–Crippen MR) is 110 cm³/mol. The van der Waals surface area contributed by atoms with Gasteiger partial charge < -0.3 is 5.32 Å². The van der Waals surface area contributed by atoms with Gasteiger partial charge >= 0.3 is 0 Å². The number of para-hydroxylation sites is 1. The van der Waals surface area contributed by atoms with Crippen LogP contribution < -0.4 is 5.32 Å². The van der Waals surface area contributed by atoms with Crippen LogP contribution in [-0.2, 0) is 13.0 Å². The smallest absolute Gasteiger partial charge is 0.273 e. The Morgan fingerprint density at radius 2 is 1.76 bits per heavy atom. The van der Waals surface area contributed by atoms with Crippen LogP contribution in [-0.4, -0.2) is 30.7 Å². The highest BCUT2D eigenvalue weighted by Gasteiger charge is 2.16. The number of hydrogen-bond donors (Lipinski definition) is 1. The third-order valence-electron chi connectivity index (χ3n) is 4.71. The van der Waals surface area contributed by atoms with Crippen molar-refractivity contribution in [3.63, 3.8) is 0 Å². The Balaban J connectivity index is 1.36. The largest absolute Gasteiger partial charge is 0.344 e. The number of hydrogen-bond acceptors (Lipinski definition) is 4. The van der Waals surface area contributed by atoms with E-state index < -0.39 is 0 Å². The summed E-state index contributed by atoms with van der Waals surface area (Å²) in [4.78, 5) is 12.5. The molecule has 146 valence electrons. The minimum absolute atomic E-state index is 0.200. The molecule has 7 heteroatoms. The lowest BCUT2D eigenvalue weighted by atomic mass is 10.1. The van der Waals surface area contributed by atoms with E-state index >= 15 is 0 Å². The van der Waals surface area contributed by atoms with Gasteiger partial charge in [-0.25, -0.2) is 4.68 Å². The van der Waals surface area contributed by atoms with Crippen molar-refractivity contribution in [1.29, 1.82) is 0 Å². The molecule has 0 aliphatic rings. The molecule has 4 aromatic rings. The quantitative estimate of drug-likeness (QED) is 0.529. The topological polar surface area (TPSA) is 77.6 Å². The maximum atomic E-state index is 12.5. The number of nitrogens with one attached hydrogen (secondary N) is 1. The molecule has 2 heterocycles. The normalized spacial score (nSPS) is 11.9. The molecule has 0 saturated heterocycles. The summed E-state index contributed by atoms with van der Waals surface area (Å²) in [5.74, 6) is -0.254. The minimum atomic E-state index is -0.254. The first-order valence-electron chi connectivity index (χ1n) is 9.54. The van der Waals surface area contributed by atoms with Gasteiger partial charge in [0.1, 0.15) is 0 Å². The highest BCUT2D eigenvalue weighted by Crippen LogP contribution is 2.15. The van der Waals surface area contributed by atoms with Crippen LogP contribution in [0, 0.1) is 0 Å². The van der Waals surface area contributed by atoms with Crippen molar-refractivity contribution >= 4 is 5.91 Å². The Morgan fingerprint density at radius 1 is 1.03 bits per heavy atom. The molecule has 0 radical (unpaired) electrons. The van der Waals surface area contributed by atoms with Crippen LogP contribution in [0.4, 0.5) is 0 Å². The van der Waals surface area contributed by atoms with Gasteiger partial charge in [0.25, 0.3) is 5.91 Å². The zero-order valence-corrected chi connectivity index (χ0v) is 16.1. The second-order valence-electron chi connectivity index (χ2n) is 6.85. The van der Waals surface area contributed by atoms with E-state index in [1.54, 1.807) is 21.8 Å². The number of aryl methyl sites for hydroxylation is 2. The number of benzene rings is 2. The molecule has 1 amide bonds. The SMILES string of the molecule is CC(NC(=O)c1cn(CCc2ccccc2)nn1)c1cnn(-c2ccccc2)c1. The van der Waals surface area contributed by atoms with Crippen molar-refractivity contribution in [2.24, 2.45) is 0 Å². The average molecular weight is 386 g/mol. The number of aromatic nitrogens is 5. The van der Waals surface area contributed by atoms with Crippen LogP contribution in [0.1, 0.15) is 34.6 Å². The van der Waals surface area contributed by atoms with E-state index in [1.807, 2.05) is 61.7 Å². The van der Waals surface area contributed by atoms with Crippen molar-refractivity contribution in [2.45, 2.75) is 25.9 Å². The molecule has 0 saturated carbocycles. The summed E-state index contributed by atoms with van der Waals surface area (Å²) in [5, 5.41) is 15.4. The molecule has 1 N–H and O–H groups in total. The maximum absolute atomic E-state index is 12.5. The monoisotopic (exact) mass is 386 g/mol. The average Bonchev–Trinajstić information content (AvgIpc) is 3.44. The zero-order chi connectivity index (χ0) is 20.1. The summed E-state index contributed by atoms with van der Waals surface area (Å²) in [6, 6.07) is 19.8. The van der Waals surface area contributed by atoms with Crippen molar-refractivity contribution in [2.75, 3.05) is 0 Å². The lowest BCUT2D eigenvalue weighted by molar-refractivity contribution is 0.0934. The molecule has 0 aliphatic heterocycles. The Hall–Kier alpha value is -3.74. The van der Waals surface area contributed by atoms with Gasteiger partial charge in [0.15, 0.2) is 5.69 Å². The van der Waals surface area contributed by atoms with E-state index in [0.717, 1.165) is 17.7 Å². The molecule has 1 atom stereocenters. The van der Waals surface area contributed by atoms with Gasteiger partial charge in [-0.3, -0.25) is 9.48 Å². The van der Waals surface area contributed by atoms with Crippen LogP contribution in [0.15, 0.2) is 79.3 Å². The molecule has 0 bridgehead atoms. The standard InChI is InChI=1S/C22H22N6O/c1-17(19-14-23-28(15-19)20-10-6-3-7-11-20)24-22(29)21-16-27(26-25-21)13-12-18-8-4-2-5-9-18/h2-11,14-17H,12-13H2,1H3,(H,24,29). The Kier molecular flexibility index (Phi) is 5.47. The summed E-state index contributed by atoms with van der Waals surface area (Å²) in [6.07, 6.45) is 6.18. The van der Waals surface area contributed by atoms with E-state index in [0.29, 0.717) is 12.2 Å². The molecule has 4 rings (SSSR count). The summed E-state index contributed by atoms with van der Waals surface area (Å²) in [6.45, 7) is 2.59. The number of carbonyl (C=O) groups excluding carboxylic acids is 1. The molecule has 29 heavy (non-hydrogen) atoms. The summed E-state index contributed by atoms with van der Waals surface area (Å²) < 4.78 is 3.48. The number of nitrogens with zero attached hydrogens (tertiary/aromatic N) is 5. The molecule has 1 unspecified atom stereocenters. The maximum Gasteiger partial charge on any atom is 0.273 e. The highest BCUT2D eigenvalue weighted by atomic mass is 16.2. The molecular weight excluding hydrogens is 364 g/mol. The molecular formula is C22H22N6O. The number of amides is 1. The second kappa shape index (κ2) is 8.52. The van der Waals surface area contributed by atoms with Gasteiger partial charge in [-0.05, 0) is 31.0 Å². The first kappa shape index (κ1) is 18.6. The van der Waals surface area contributed by atoms with Gasteiger partial charge in [-0.2, -0.15) is 5.10 Å². The summed E-state index contributed by atoms with van der Waals surface area (Å²) in [5.41, 5.74) is 3.41. The summed E-state index contributed by atoms with van der Waals surface area (Å²) >= 11 is 0. The number of rotatable bonds is 7. The van der Waals surface area contributed by atoms with Crippen LogP contribution in [0.5, 0.6) is 0 Å². The molecule has 0 fully saturated rings. The van der Waals surface area contributed by atoms with Crippen LogP contribution in [0.25, 0.3) is 5.69 Å². The summed E-state index contributed by atoms with van der Waals surface area (Å²) in [7, 11) is 0. The first-order valence-corrected chi connectivity index (χ1v) is 9.54. The Morgan fingerprint density at radius 3 is 2.52 bits per heavy atom. The highest BCUT2D eigenvalue weighted by molar-refractivity contribution is 5.92. The van der Waals surface area contributed by atoms with E-state index in [1.165, 1.54) is 5.56 Å². The predicted octanol–water partition coefficient (Wildman–Crippen LogP) is 3.20. The van der Waals surface area contributed by atoms with Crippen molar-refractivity contribution in [3.05, 3.63) is 96.1 Å². The van der Waals surface area contributed by atoms with Gasteiger partial charge in [-0.15, -0.1) is 5.10 Å². The molecule has 0 spiro atoms. The third-order valence-corrected chi connectivity index (χ3v) is 4.71. The van der Waals surface area contributed by atoms with Crippen LogP contribution in [0.2, 0.25) is 0 Å². The van der Waals surface area contributed by atoms with E-state index in [4.69, 9.17) is 0 Å². The third kappa shape index (κ3) is 4.57. The minimum Gasteiger partial charge on any atom is -0.344 e. The second-order valence-corrected chi connectivity index (χ2v) is 6.85. The van der Waals surface area contributed by atoms with Crippen molar-refractivity contribution in [1.82, 2.24) is 30.1 Å². The van der Waals surface area contributed by atoms with E-state index in [9.17, 15) is 4.79 Å². The molecule has 2 aromatic carbocycles. The Labute approximate surface area is 169 Å². The van der Waals surface area contributed by atoms with Gasteiger partial charge in [0.2, 0.25) is 0 Å². The fraction of sp³-hybridized carbons (Fsp3) is 0.182. The molecule has 7 nitrogen and oxygen atoms in total. The van der Waals surface area contributed by atoms with E-state index in [-0.39, 0.29) is 11.9 Å². The van der Waals surface area contributed by atoms with Crippen LogP contribution in [0.3, 0.4) is 0 Å². The fourth-order valence-electron chi connectivity index (χ4n) is 3.04. The molecule has 0 aliphatic carbocycles. The van der Waals surface area contributed by atoms with Gasteiger partial charge in [-0.1, -0.05) is 53.7 Å². The van der Waals surface area contributed by atoms with Crippen molar-refractivity contribution < 1.29 is 4.79 Å².